The molecule has 0 saturated heterocycles. The molecule has 8 rings (SSSR count). The number of benzene rings is 5. The molecule has 0 unspecified atom stereocenters. The largest absolute Gasteiger partial charge is 0.313 e. The van der Waals surface area contributed by atoms with Crippen molar-refractivity contribution in [2.75, 3.05) is 0 Å². The van der Waals surface area contributed by atoms with Crippen molar-refractivity contribution in [1.82, 2.24) is 19.1 Å². The molecule has 0 fully saturated rings. The van der Waals surface area contributed by atoms with Crippen LogP contribution in [0.4, 0.5) is 0 Å². The SMILES string of the molecule is C=C/C(=C\C=C(/C)n1c2ccccc2c2c3c4ccccc4n(-c4cncc(-c5ccccc5)n4)c3ccc21)c1ccccc1. The van der Waals surface area contributed by atoms with Crippen LogP contribution < -0.4 is 0 Å². The lowest BCUT2D eigenvalue weighted by Gasteiger charge is -2.10. The molecule has 0 N–H and O–H groups in total. The quantitative estimate of drug-likeness (QED) is 0.184. The average molecular weight is 579 g/mol. The van der Waals surface area contributed by atoms with Crippen LogP contribution in [0.5, 0.6) is 0 Å². The Morgan fingerprint density at radius 2 is 1.24 bits per heavy atom. The van der Waals surface area contributed by atoms with Gasteiger partial charge in [0.15, 0.2) is 5.82 Å². The van der Waals surface area contributed by atoms with Gasteiger partial charge in [-0.2, -0.15) is 0 Å². The zero-order valence-corrected chi connectivity index (χ0v) is 24.9. The standard InChI is InChI=1S/C41H30N4/c1-3-29(30-14-6-4-7-15-30)23-22-28(2)44-35-20-12-10-18-32(35)40-37(44)24-25-38-41(40)33-19-11-13-21-36(33)45(38)39-27-42-26-34(43-39)31-16-8-5-9-17-31/h3-27H,1H2,2H3/b28-22+,29-23+. The minimum Gasteiger partial charge on any atom is -0.313 e. The molecule has 0 atom stereocenters. The second-order valence-electron chi connectivity index (χ2n) is 11.2. The van der Waals surface area contributed by atoms with Gasteiger partial charge in [-0.05, 0) is 48.4 Å². The summed E-state index contributed by atoms with van der Waals surface area (Å²) in [6.07, 6.45) is 9.95. The molecule has 0 aliphatic carbocycles. The van der Waals surface area contributed by atoms with E-state index in [9.17, 15) is 0 Å². The van der Waals surface area contributed by atoms with Crippen molar-refractivity contribution in [2.24, 2.45) is 0 Å². The van der Waals surface area contributed by atoms with E-state index in [4.69, 9.17) is 4.98 Å². The summed E-state index contributed by atoms with van der Waals surface area (Å²) in [7, 11) is 0. The van der Waals surface area contributed by atoms with Crippen LogP contribution >= 0.6 is 0 Å². The van der Waals surface area contributed by atoms with Gasteiger partial charge in [-0.15, -0.1) is 0 Å². The highest BCUT2D eigenvalue weighted by Crippen LogP contribution is 2.42. The average Bonchev–Trinajstić information content (AvgIpc) is 3.62. The minimum absolute atomic E-state index is 0.796. The number of para-hydroxylation sites is 2. The Hall–Kier alpha value is -6.00. The van der Waals surface area contributed by atoms with Crippen LogP contribution in [0.1, 0.15) is 12.5 Å². The lowest BCUT2D eigenvalue weighted by molar-refractivity contribution is 1.05. The van der Waals surface area contributed by atoms with Gasteiger partial charge in [0.25, 0.3) is 0 Å². The smallest absolute Gasteiger partial charge is 0.156 e. The topological polar surface area (TPSA) is 35.6 Å². The molecule has 45 heavy (non-hydrogen) atoms. The van der Waals surface area contributed by atoms with E-state index in [2.05, 4.69) is 137 Å². The Morgan fingerprint density at radius 1 is 0.622 bits per heavy atom. The fraction of sp³-hybridized carbons (Fsp3) is 0.0244. The van der Waals surface area contributed by atoms with Crippen LogP contribution in [0, 0.1) is 0 Å². The van der Waals surface area contributed by atoms with E-state index >= 15 is 0 Å². The van der Waals surface area contributed by atoms with Crippen LogP contribution in [0.2, 0.25) is 0 Å². The Morgan fingerprint density at radius 3 is 2.00 bits per heavy atom. The summed E-state index contributed by atoms with van der Waals surface area (Å²) in [5.41, 5.74) is 9.79. The third-order valence-electron chi connectivity index (χ3n) is 8.58. The molecule has 0 radical (unpaired) electrons. The van der Waals surface area contributed by atoms with Gasteiger partial charge in [0, 0.05) is 32.8 Å². The molecule has 5 aromatic carbocycles. The zero-order chi connectivity index (χ0) is 30.3. The fourth-order valence-corrected chi connectivity index (χ4v) is 6.55. The van der Waals surface area contributed by atoms with Crippen molar-refractivity contribution in [1.29, 1.82) is 0 Å². The van der Waals surface area contributed by atoms with Gasteiger partial charge in [-0.25, -0.2) is 4.98 Å². The predicted molar refractivity (Wildman–Crippen MR) is 189 cm³/mol. The normalized spacial score (nSPS) is 12.5. The first-order chi connectivity index (χ1) is 22.2. The third kappa shape index (κ3) is 4.38. The lowest BCUT2D eigenvalue weighted by atomic mass is 10.1. The molecule has 0 amide bonds. The Kier molecular flexibility index (Phi) is 6.46. The van der Waals surface area contributed by atoms with Crippen molar-refractivity contribution in [3.63, 3.8) is 0 Å². The summed E-state index contributed by atoms with van der Waals surface area (Å²) < 4.78 is 4.62. The van der Waals surface area contributed by atoms with E-state index in [-0.39, 0.29) is 0 Å². The molecular weight excluding hydrogens is 548 g/mol. The Labute approximate surface area is 261 Å². The molecule has 0 aliphatic heterocycles. The molecular formula is C41H30N4. The summed E-state index contributed by atoms with van der Waals surface area (Å²) in [6.45, 7) is 6.25. The first-order valence-corrected chi connectivity index (χ1v) is 15.1. The summed E-state index contributed by atoms with van der Waals surface area (Å²) in [5.74, 6) is 0.796. The van der Waals surface area contributed by atoms with E-state index in [1.165, 1.54) is 27.1 Å². The Bertz CT molecular complexity index is 2440. The zero-order valence-electron chi connectivity index (χ0n) is 24.9. The number of aromatic nitrogens is 4. The van der Waals surface area contributed by atoms with Gasteiger partial charge < -0.3 is 4.57 Å². The van der Waals surface area contributed by atoms with Gasteiger partial charge in [-0.1, -0.05) is 116 Å². The number of rotatable bonds is 6. The first-order valence-electron chi connectivity index (χ1n) is 15.1. The van der Waals surface area contributed by atoms with E-state index < -0.39 is 0 Å². The lowest BCUT2D eigenvalue weighted by Crippen LogP contribution is -2.00. The molecule has 0 aliphatic rings. The molecule has 0 saturated carbocycles. The molecule has 0 spiro atoms. The van der Waals surface area contributed by atoms with Gasteiger partial charge in [0.2, 0.25) is 0 Å². The summed E-state index contributed by atoms with van der Waals surface area (Å²) in [5, 5.41) is 4.85. The van der Waals surface area contributed by atoms with Crippen LogP contribution in [0.25, 0.3) is 72.0 Å². The van der Waals surface area contributed by atoms with E-state index in [0.29, 0.717) is 0 Å². The number of hydrogen-bond donors (Lipinski definition) is 0. The van der Waals surface area contributed by atoms with E-state index in [1.54, 1.807) is 0 Å². The van der Waals surface area contributed by atoms with Crippen molar-refractivity contribution in [3.8, 4) is 17.1 Å². The van der Waals surface area contributed by atoms with Gasteiger partial charge in [-0.3, -0.25) is 9.55 Å². The molecule has 3 aromatic heterocycles. The van der Waals surface area contributed by atoms with Crippen molar-refractivity contribution >= 4 is 54.9 Å². The van der Waals surface area contributed by atoms with Crippen molar-refractivity contribution in [3.05, 3.63) is 164 Å². The van der Waals surface area contributed by atoms with Crippen LogP contribution in [-0.2, 0) is 0 Å². The second kappa shape index (κ2) is 10.9. The predicted octanol–water partition coefficient (Wildman–Crippen LogP) is 10.5. The maximum atomic E-state index is 5.11. The molecule has 214 valence electrons. The van der Waals surface area contributed by atoms with Crippen molar-refractivity contribution < 1.29 is 0 Å². The molecule has 0 bridgehead atoms. The highest BCUT2D eigenvalue weighted by molar-refractivity contribution is 6.29. The van der Waals surface area contributed by atoms with Crippen LogP contribution in [0.15, 0.2) is 159 Å². The maximum Gasteiger partial charge on any atom is 0.156 e. The molecule has 3 heterocycles. The summed E-state index contributed by atoms with van der Waals surface area (Å²) in [4.78, 5) is 9.73. The highest BCUT2D eigenvalue weighted by atomic mass is 15.1. The van der Waals surface area contributed by atoms with Crippen LogP contribution in [0.3, 0.4) is 0 Å². The number of fused-ring (bicyclic) bond motifs is 7. The molecule has 8 aromatic rings. The third-order valence-corrected chi connectivity index (χ3v) is 8.58. The van der Waals surface area contributed by atoms with E-state index in [1.807, 2.05) is 42.7 Å². The first kappa shape index (κ1) is 26.6. The number of nitrogens with zero attached hydrogens (tertiary/aromatic N) is 4. The van der Waals surface area contributed by atoms with Gasteiger partial charge in [0.1, 0.15) is 0 Å². The van der Waals surface area contributed by atoms with Gasteiger partial charge in [0.05, 0.1) is 40.2 Å². The summed E-state index contributed by atoms with van der Waals surface area (Å²) in [6, 6.07) is 42.4. The number of allylic oxidation sites excluding steroid dienone is 5. The van der Waals surface area contributed by atoms with Crippen LogP contribution in [-0.4, -0.2) is 19.1 Å². The minimum atomic E-state index is 0.796. The monoisotopic (exact) mass is 578 g/mol. The number of hydrogen-bond acceptors (Lipinski definition) is 2. The maximum absolute atomic E-state index is 5.11. The summed E-state index contributed by atoms with van der Waals surface area (Å²) >= 11 is 0. The van der Waals surface area contributed by atoms with E-state index in [0.717, 1.165) is 50.5 Å². The highest BCUT2D eigenvalue weighted by Gasteiger charge is 2.20. The second-order valence-corrected chi connectivity index (χ2v) is 11.2. The molecule has 4 heteroatoms. The van der Waals surface area contributed by atoms with Crippen molar-refractivity contribution in [2.45, 2.75) is 6.92 Å². The van der Waals surface area contributed by atoms with Gasteiger partial charge >= 0.3 is 0 Å². The molecule has 4 nitrogen and oxygen atoms in total. The fourth-order valence-electron chi connectivity index (χ4n) is 6.55. The Balaban J connectivity index is 1.39.